The average Bonchev–Trinajstić information content (AvgIpc) is 2.46. The van der Waals surface area contributed by atoms with E-state index in [1.54, 1.807) is 13.2 Å². The van der Waals surface area contributed by atoms with E-state index >= 15 is 0 Å². The van der Waals surface area contributed by atoms with Gasteiger partial charge in [-0.1, -0.05) is 35.9 Å². The zero-order valence-corrected chi connectivity index (χ0v) is 12.2. The van der Waals surface area contributed by atoms with Crippen molar-refractivity contribution in [2.75, 3.05) is 7.11 Å². The molecular formula is C17H21NO2. The van der Waals surface area contributed by atoms with Crippen LogP contribution in [0.1, 0.15) is 29.7 Å². The molecular weight excluding hydrogens is 250 g/mol. The molecule has 3 heteroatoms. The van der Waals surface area contributed by atoms with Crippen molar-refractivity contribution in [2.24, 2.45) is 0 Å². The molecule has 0 saturated carbocycles. The van der Waals surface area contributed by atoms with Crippen molar-refractivity contribution in [1.82, 2.24) is 5.32 Å². The van der Waals surface area contributed by atoms with Crippen molar-refractivity contribution < 1.29 is 9.84 Å². The molecule has 2 aromatic carbocycles. The summed E-state index contributed by atoms with van der Waals surface area (Å²) in [4.78, 5) is 0. The van der Waals surface area contributed by atoms with Gasteiger partial charge in [0.1, 0.15) is 0 Å². The lowest BCUT2D eigenvalue weighted by molar-refractivity contribution is 0.372. The number of phenolic OH excluding ortho intramolecular Hbond substituents is 1. The Morgan fingerprint density at radius 1 is 1.20 bits per heavy atom. The number of nitrogens with one attached hydrogen (secondary N) is 1. The first-order valence-electron chi connectivity index (χ1n) is 6.76. The Kier molecular flexibility index (Phi) is 4.64. The molecule has 2 rings (SSSR count). The van der Waals surface area contributed by atoms with Crippen LogP contribution in [-0.4, -0.2) is 12.2 Å². The van der Waals surface area contributed by atoms with Crippen LogP contribution in [0.25, 0.3) is 0 Å². The number of phenols is 1. The summed E-state index contributed by atoms with van der Waals surface area (Å²) < 4.78 is 5.12. The van der Waals surface area contributed by atoms with Crippen LogP contribution in [0, 0.1) is 6.92 Å². The number of hydrogen-bond donors (Lipinski definition) is 2. The second kappa shape index (κ2) is 6.44. The summed E-state index contributed by atoms with van der Waals surface area (Å²) in [6.07, 6.45) is 0. The molecule has 2 aromatic rings. The number of aryl methyl sites for hydroxylation is 1. The fraction of sp³-hybridized carbons (Fsp3) is 0.294. The summed E-state index contributed by atoms with van der Waals surface area (Å²) in [5, 5.41) is 13.1. The fourth-order valence-corrected chi connectivity index (χ4v) is 2.16. The van der Waals surface area contributed by atoms with Gasteiger partial charge in [-0.05, 0) is 37.1 Å². The highest BCUT2D eigenvalue weighted by molar-refractivity contribution is 5.41. The smallest absolute Gasteiger partial charge is 0.160 e. The molecule has 0 saturated heterocycles. The van der Waals surface area contributed by atoms with Crippen LogP contribution in [0.2, 0.25) is 0 Å². The minimum absolute atomic E-state index is 0.169. The van der Waals surface area contributed by atoms with Gasteiger partial charge in [0, 0.05) is 12.6 Å². The first kappa shape index (κ1) is 14.4. The highest BCUT2D eigenvalue weighted by Gasteiger charge is 2.07. The quantitative estimate of drug-likeness (QED) is 0.873. The number of aromatic hydroxyl groups is 1. The number of rotatable bonds is 5. The summed E-state index contributed by atoms with van der Waals surface area (Å²) in [5.74, 6) is 0.676. The standard InChI is InChI=1S/C17H21NO2/c1-12-5-4-6-15(9-12)13(2)18-11-14-7-8-16(19)17(10-14)20-3/h4-10,13,18-19H,11H2,1-3H3/t13-/m0/s1. The van der Waals surface area contributed by atoms with Gasteiger partial charge in [0.25, 0.3) is 0 Å². The van der Waals surface area contributed by atoms with Crippen molar-refractivity contribution >= 4 is 0 Å². The third-order valence-corrected chi connectivity index (χ3v) is 3.40. The van der Waals surface area contributed by atoms with E-state index in [2.05, 4.69) is 43.4 Å². The van der Waals surface area contributed by atoms with Gasteiger partial charge >= 0.3 is 0 Å². The molecule has 0 aliphatic carbocycles. The van der Waals surface area contributed by atoms with Crippen molar-refractivity contribution in [1.29, 1.82) is 0 Å². The Morgan fingerprint density at radius 2 is 2.00 bits per heavy atom. The van der Waals surface area contributed by atoms with Crippen LogP contribution in [0.5, 0.6) is 11.5 Å². The van der Waals surface area contributed by atoms with Gasteiger partial charge in [0.2, 0.25) is 0 Å². The number of hydrogen-bond acceptors (Lipinski definition) is 3. The molecule has 0 aliphatic rings. The molecule has 0 bridgehead atoms. The van der Waals surface area contributed by atoms with E-state index in [9.17, 15) is 5.11 Å². The molecule has 0 aliphatic heterocycles. The van der Waals surface area contributed by atoms with E-state index in [0.717, 1.165) is 12.1 Å². The second-order valence-electron chi connectivity index (χ2n) is 5.02. The topological polar surface area (TPSA) is 41.5 Å². The van der Waals surface area contributed by atoms with Gasteiger partial charge in [-0.15, -0.1) is 0 Å². The van der Waals surface area contributed by atoms with Crippen molar-refractivity contribution in [3.8, 4) is 11.5 Å². The Hall–Kier alpha value is -2.00. The highest BCUT2D eigenvalue weighted by Crippen LogP contribution is 2.26. The summed E-state index contributed by atoms with van der Waals surface area (Å²) in [5.41, 5.74) is 3.62. The number of methoxy groups -OCH3 is 1. The first-order chi connectivity index (χ1) is 9.60. The molecule has 1 atom stereocenters. The molecule has 0 amide bonds. The summed E-state index contributed by atoms with van der Waals surface area (Å²) in [6, 6.07) is 14.2. The van der Waals surface area contributed by atoms with Crippen LogP contribution < -0.4 is 10.1 Å². The van der Waals surface area contributed by atoms with Crippen molar-refractivity contribution in [3.63, 3.8) is 0 Å². The molecule has 0 heterocycles. The normalized spacial score (nSPS) is 12.2. The number of ether oxygens (including phenoxy) is 1. The van der Waals surface area contributed by atoms with Gasteiger partial charge in [-0.25, -0.2) is 0 Å². The van der Waals surface area contributed by atoms with Gasteiger partial charge < -0.3 is 15.2 Å². The van der Waals surface area contributed by atoms with Crippen LogP contribution >= 0.6 is 0 Å². The Morgan fingerprint density at radius 3 is 2.70 bits per heavy atom. The van der Waals surface area contributed by atoms with Crippen molar-refractivity contribution in [2.45, 2.75) is 26.4 Å². The van der Waals surface area contributed by atoms with E-state index in [1.807, 2.05) is 12.1 Å². The molecule has 2 N–H and O–H groups in total. The molecule has 3 nitrogen and oxygen atoms in total. The Balaban J connectivity index is 2.01. The van der Waals surface area contributed by atoms with E-state index in [0.29, 0.717) is 5.75 Å². The molecule has 20 heavy (non-hydrogen) atoms. The third kappa shape index (κ3) is 3.52. The lowest BCUT2D eigenvalue weighted by Gasteiger charge is -2.15. The van der Waals surface area contributed by atoms with Gasteiger partial charge in [0.15, 0.2) is 11.5 Å². The first-order valence-corrected chi connectivity index (χ1v) is 6.76. The van der Waals surface area contributed by atoms with Gasteiger partial charge in [-0.3, -0.25) is 0 Å². The predicted octanol–water partition coefficient (Wildman–Crippen LogP) is 3.56. The molecule has 106 valence electrons. The molecule has 0 unspecified atom stereocenters. The lowest BCUT2D eigenvalue weighted by Crippen LogP contribution is -2.18. The van der Waals surface area contributed by atoms with Gasteiger partial charge in [-0.2, -0.15) is 0 Å². The van der Waals surface area contributed by atoms with E-state index < -0.39 is 0 Å². The second-order valence-corrected chi connectivity index (χ2v) is 5.02. The molecule has 0 fully saturated rings. The van der Waals surface area contributed by atoms with E-state index in [4.69, 9.17) is 4.74 Å². The number of benzene rings is 2. The van der Waals surface area contributed by atoms with Crippen LogP contribution in [0.3, 0.4) is 0 Å². The van der Waals surface area contributed by atoms with Crippen molar-refractivity contribution in [3.05, 3.63) is 59.2 Å². The monoisotopic (exact) mass is 271 g/mol. The molecule has 0 spiro atoms. The largest absolute Gasteiger partial charge is 0.504 e. The van der Waals surface area contributed by atoms with E-state index in [-0.39, 0.29) is 11.8 Å². The Labute approximate surface area is 120 Å². The minimum atomic E-state index is 0.169. The summed E-state index contributed by atoms with van der Waals surface area (Å²) in [7, 11) is 1.56. The SMILES string of the molecule is COc1cc(CN[C@@H](C)c2cccc(C)c2)ccc1O. The summed E-state index contributed by atoms with van der Waals surface area (Å²) in [6.45, 7) is 4.97. The maximum Gasteiger partial charge on any atom is 0.160 e. The fourth-order valence-electron chi connectivity index (χ4n) is 2.16. The molecule has 0 radical (unpaired) electrons. The van der Waals surface area contributed by atoms with Gasteiger partial charge in [0.05, 0.1) is 7.11 Å². The molecule has 0 aromatic heterocycles. The maximum atomic E-state index is 9.58. The van der Waals surface area contributed by atoms with E-state index in [1.165, 1.54) is 11.1 Å². The highest BCUT2D eigenvalue weighted by atomic mass is 16.5. The average molecular weight is 271 g/mol. The predicted molar refractivity (Wildman–Crippen MR) is 81.1 cm³/mol. The lowest BCUT2D eigenvalue weighted by atomic mass is 10.1. The summed E-state index contributed by atoms with van der Waals surface area (Å²) >= 11 is 0. The zero-order valence-electron chi connectivity index (χ0n) is 12.2. The van der Waals surface area contributed by atoms with Crippen LogP contribution in [-0.2, 0) is 6.54 Å². The Bertz CT molecular complexity index is 581. The zero-order chi connectivity index (χ0) is 14.5. The maximum absolute atomic E-state index is 9.58. The van der Waals surface area contributed by atoms with Crippen LogP contribution in [0.4, 0.5) is 0 Å². The minimum Gasteiger partial charge on any atom is -0.504 e. The van der Waals surface area contributed by atoms with Crippen LogP contribution in [0.15, 0.2) is 42.5 Å². The third-order valence-electron chi connectivity index (χ3n) is 3.40.